The molecule has 5 rings (SSSR count). The van der Waals surface area contributed by atoms with Crippen LogP contribution >= 0.6 is 0 Å². The Morgan fingerprint density at radius 3 is 2.70 bits per heavy atom. The molecule has 2 heterocycles. The lowest BCUT2D eigenvalue weighted by molar-refractivity contribution is 0.0971. The molecular weight excluding hydrogens is 372 g/mol. The van der Waals surface area contributed by atoms with E-state index >= 15 is 0 Å². The van der Waals surface area contributed by atoms with Crippen LogP contribution in [0.15, 0.2) is 48.7 Å². The molecule has 158 valence electrons. The Bertz CT molecular complexity index is 920. The fourth-order valence-electron chi connectivity index (χ4n) is 4.73. The molecule has 2 aromatic carbocycles. The minimum absolute atomic E-state index is 0.529. The van der Waals surface area contributed by atoms with Gasteiger partial charge in [0.15, 0.2) is 6.73 Å². The summed E-state index contributed by atoms with van der Waals surface area (Å²) in [4.78, 5) is 4.80. The predicted octanol–water partition coefficient (Wildman–Crippen LogP) is 5.13. The Balaban J connectivity index is 1.42. The molecule has 3 aliphatic rings. The Kier molecular flexibility index (Phi) is 5.43. The van der Waals surface area contributed by atoms with E-state index in [1.54, 1.807) is 0 Å². The van der Waals surface area contributed by atoms with E-state index in [0.29, 0.717) is 25.3 Å². The molecule has 4 heteroatoms. The number of benzene rings is 2. The number of ether oxygens (including phenoxy) is 2. The van der Waals surface area contributed by atoms with Crippen LogP contribution in [0.25, 0.3) is 5.76 Å². The maximum Gasteiger partial charge on any atom is 0.161 e. The number of likely N-dealkylation sites (N-methyl/N-ethyl adjacent to an activating group) is 1. The van der Waals surface area contributed by atoms with E-state index in [2.05, 4.69) is 66.4 Å². The van der Waals surface area contributed by atoms with Crippen molar-refractivity contribution >= 4 is 5.76 Å². The third kappa shape index (κ3) is 4.20. The van der Waals surface area contributed by atoms with E-state index in [-0.39, 0.29) is 0 Å². The summed E-state index contributed by atoms with van der Waals surface area (Å²) in [5.74, 6) is 2.60. The Morgan fingerprint density at radius 1 is 1.10 bits per heavy atom. The summed E-state index contributed by atoms with van der Waals surface area (Å²) in [5, 5.41) is 0. The van der Waals surface area contributed by atoms with Gasteiger partial charge >= 0.3 is 0 Å². The second kappa shape index (κ2) is 8.35. The molecular formula is C26H32N2O2. The van der Waals surface area contributed by atoms with Crippen molar-refractivity contribution in [2.24, 2.45) is 0 Å². The summed E-state index contributed by atoms with van der Waals surface area (Å²) in [6.45, 7) is 5.70. The van der Waals surface area contributed by atoms with Crippen molar-refractivity contribution in [2.75, 3.05) is 26.9 Å². The molecule has 2 aromatic rings. The highest BCUT2D eigenvalue weighted by Crippen LogP contribution is 2.44. The first kappa shape index (κ1) is 19.5. The first-order valence-corrected chi connectivity index (χ1v) is 11.3. The van der Waals surface area contributed by atoms with Crippen LogP contribution in [0.4, 0.5) is 0 Å². The standard InChI is InChI=1S/C26H32N2O2/c1-19-13-22(21-10-11-21)14-24(29-17-20-7-4-3-5-8-20)26(19)25-16-28(18-30-25)23-9-6-12-27(2)15-23/h3-5,7-8,13-14,16,21,23H,6,9-12,15,17-18H2,1-2H3/t23-/m1/s1. The molecule has 4 nitrogen and oxygen atoms in total. The van der Waals surface area contributed by atoms with Crippen LogP contribution < -0.4 is 4.74 Å². The van der Waals surface area contributed by atoms with Gasteiger partial charge in [0.25, 0.3) is 0 Å². The Morgan fingerprint density at radius 2 is 1.93 bits per heavy atom. The number of piperidine rings is 1. The zero-order chi connectivity index (χ0) is 20.5. The van der Waals surface area contributed by atoms with Crippen molar-refractivity contribution in [3.05, 3.63) is 70.9 Å². The summed E-state index contributed by atoms with van der Waals surface area (Å²) in [5.41, 5.74) is 4.95. The van der Waals surface area contributed by atoms with Crippen molar-refractivity contribution in [1.29, 1.82) is 0 Å². The van der Waals surface area contributed by atoms with Gasteiger partial charge in [-0.15, -0.1) is 0 Å². The number of nitrogens with zero attached hydrogens (tertiary/aromatic N) is 2. The lowest BCUT2D eigenvalue weighted by atomic mass is 9.99. The number of rotatable bonds is 6. The smallest absolute Gasteiger partial charge is 0.161 e. The topological polar surface area (TPSA) is 24.9 Å². The van der Waals surface area contributed by atoms with Gasteiger partial charge in [-0.25, -0.2) is 0 Å². The van der Waals surface area contributed by atoms with Gasteiger partial charge in [-0.1, -0.05) is 36.4 Å². The molecule has 2 aliphatic heterocycles. The highest BCUT2D eigenvalue weighted by molar-refractivity contribution is 5.70. The lowest BCUT2D eigenvalue weighted by Gasteiger charge is -2.34. The van der Waals surface area contributed by atoms with Gasteiger partial charge < -0.3 is 19.3 Å². The normalized spacial score (nSPS) is 22.0. The molecule has 0 aromatic heterocycles. The Hall–Kier alpha value is -2.46. The summed E-state index contributed by atoms with van der Waals surface area (Å²) >= 11 is 0. The summed E-state index contributed by atoms with van der Waals surface area (Å²) in [6.07, 6.45) is 7.28. The molecule has 1 atom stereocenters. The van der Waals surface area contributed by atoms with Crippen molar-refractivity contribution in [3.63, 3.8) is 0 Å². The number of hydrogen-bond acceptors (Lipinski definition) is 4. The van der Waals surface area contributed by atoms with E-state index in [1.165, 1.54) is 48.9 Å². The van der Waals surface area contributed by atoms with E-state index < -0.39 is 0 Å². The van der Waals surface area contributed by atoms with Crippen molar-refractivity contribution in [2.45, 2.75) is 51.2 Å². The zero-order valence-electron chi connectivity index (χ0n) is 18.1. The highest BCUT2D eigenvalue weighted by atomic mass is 16.5. The summed E-state index contributed by atoms with van der Waals surface area (Å²) in [6, 6.07) is 15.5. The van der Waals surface area contributed by atoms with Crippen LogP contribution in [0.1, 0.15) is 53.9 Å². The Labute approximate surface area is 180 Å². The fourth-order valence-corrected chi connectivity index (χ4v) is 4.73. The van der Waals surface area contributed by atoms with Crippen LogP contribution in [-0.2, 0) is 11.3 Å². The van der Waals surface area contributed by atoms with Crippen molar-refractivity contribution in [1.82, 2.24) is 9.80 Å². The molecule has 0 radical (unpaired) electrons. The van der Waals surface area contributed by atoms with Crippen LogP contribution in [0, 0.1) is 6.92 Å². The minimum Gasteiger partial charge on any atom is -0.488 e. The van der Waals surface area contributed by atoms with Gasteiger partial charge in [-0.2, -0.15) is 0 Å². The van der Waals surface area contributed by atoms with Gasteiger partial charge in [0.2, 0.25) is 0 Å². The van der Waals surface area contributed by atoms with E-state index in [0.717, 1.165) is 23.6 Å². The zero-order valence-corrected chi connectivity index (χ0v) is 18.1. The van der Waals surface area contributed by atoms with E-state index in [4.69, 9.17) is 9.47 Å². The van der Waals surface area contributed by atoms with Crippen LogP contribution in [0.5, 0.6) is 5.75 Å². The van der Waals surface area contributed by atoms with Crippen molar-refractivity contribution in [3.8, 4) is 5.75 Å². The molecule has 1 aliphatic carbocycles. The third-order valence-electron chi connectivity index (χ3n) is 6.57. The number of hydrogen-bond donors (Lipinski definition) is 0. The number of likely N-dealkylation sites (tertiary alicyclic amines) is 1. The first-order valence-electron chi connectivity index (χ1n) is 11.3. The predicted molar refractivity (Wildman–Crippen MR) is 120 cm³/mol. The molecule has 0 N–H and O–H groups in total. The van der Waals surface area contributed by atoms with Crippen LogP contribution in [-0.4, -0.2) is 42.7 Å². The highest BCUT2D eigenvalue weighted by Gasteiger charge is 2.30. The summed E-state index contributed by atoms with van der Waals surface area (Å²) in [7, 11) is 2.21. The maximum absolute atomic E-state index is 6.39. The average molecular weight is 405 g/mol. The first-order chi connectivity index (χ1) is 14.7. The molecule has 30 heavy (non-hydrogen) atoms. The van der Waals surface area contributed by atoms with Gasteiger partial charge in [0.1, 0.15) is 18.1 Å². The van der Waals surface area contributed by atoms with Gasteiger partial charge in [0, 0.05) is 18.8 Å². The molecule has 0 amide bonds. The second-order valence-corrected chi connectivity index (χ2v) is 9.10. The third-order valence-corrected chi connectivity index (χ3v) is 6.57. The summed E-state index contributed by atoms with van der Waals surface area (Å²) < 4.78 is 12.6. The molecule has 0 bridgehead atoms. The van der Waals surface area contributed by atoms with Gasteiger partial charge in [-0.3, -0.25) is 0 Å². The molecule has 0 unspecified atom stereocenters. The van der Waals surface area contributed by atoms with Gasteiger partial charge in [0.05, 0.1) is 5.56 Å². The molecule has 1 saturated carbocycles. The molecule has 1 saturated heterocycles. The maximum atomic E-state index is 6.39. The van der Waals surface area contributed by atoms with E-state index in [9.17, 15) is 0 Å². The average Bonchev–Trinajstić information content (AvgIpc) is 3.50. The second-order valence-electron chi connectivity index (χ2n) is 9.10. The van der Waals surface area contributed by atoms with Crippen LogP contribution in [0.3, 0.4) is 0 Å². The SMILES string of the molecule is Cc1cc(C2CC2)cc(OCc2ccccc2)c1C1=CN([C@@H]2CCCN(C)C2)CO1. The molecule has 0 spiro atoms. The molecule has 2 fully saturated rings. The monoisotopic (exact) mass is 404 g/mol. The van der Waals surface area contributed by atoms with Gasteiger partial charge in [-0.05, 0) is 74.9 Å². The fraction of sp³-hybridized carbons (Fsp3) is 0.462. The number of aryl methyl sites for hydroxylation is 1. The van der Waals surface area contributed by atoms with Crippen molar-refractivity contribution < 1.29 is 9.47 Å². The minimum atomic E-state index is 0.529. The van der Waals surface area contributed by atoms with Crippen LogP contribution in [0.2, 0.25) is 0 Å². The lowest BCUT2D eigenvalue weighted by Crippen LogP contribution is -2.43. The largest absolute Gasteiger partial charge is 0.488 e. The van der Waals surface area contributed by atoms with E-state index in [1.807, 2.05) is 6.07 Å². The quantitative estimate of drug-likeness (QED) is 0.666.